The third-order valence-electron chi connectivity index (χ3n) is 3.06. The van der Waals surface area contributed by atoms with Crippen LogP contribution in [0.2, 0.25) is 0 Å². The number of nitro benzene ring substituents is 1. The standard InChI is InChI=1S/C14H11N3O3/c18-13(9-4-3-5-10(8-9)17(19)20)14-15-11-6-1-2-7-12(11)16-14/h1-8,13,18H,(H,15,16). The fourth-order valence-electron chi connectivity index (χ4n) is 2.07. The monoisotopic (exact) mass is 269 g/mol. The van der Waals surface area contributed by atoms with E-state index < -0.39 is 11.0 Å². The highest BCUT2D eigenvalue weighted by Gasteiger charge is 2.17. The molecule has 0 radical (unpaired) electrons. The summed E-state index contributed by atoms with van der Waals surface area (Å²) in [6, 6.07) is 13.3. The molecule has 2 aromatic carbocycles. The molecule has 1 atom stereocenters. The molecule has 0 bridgehead atoms. The van der Waals surface area contributed by atoms with E-state index in [0.29, 0.717) is 11.4 Å². The number of rotatable bonds is 3. The zero-order valence-electron chi connectivity index (χ0n) is 10.4. The molecule has 1 aromatic heterocycles. The Bertz CT molecular complexity index is 749. The van der Waals surface area contributed by atoms with E-state index in [1.165, 1.54) is 12.1 Å². The van der Waals surface area contributed by atoms with Crippen LogP contribution in [0.25, 0.3) is 11.0 Å². The molecule has 1 unspecified atom stereocenters. The third-order valence-corrected chi connectivity index (χ3v) is 3.06. The Labute approximate surface area is 113 Å². The Morgan fingerprint density at radius 3 is 2.75 bits per heavy atom. The van der Waals surface area contributed by atoms with Crippen molar-refractivity contribution in [2.75, 3.05) is 0 Å². The number of nitrogens with zero attached hydrogens (tertiary/aromatic N) is 2. The fraction of sp³-hybridized carbons (Fsp3) is 0.0714. The molecule has 0 aliphatic carbocycles. The van der Waals surface area contributed by atoms with E-state index >= 15 is 0 Å². The summed E-state index contributed by atoms with van der Waals surface area (Å²) in [6.45, 7) is 0. The normalized spacial score (nSPS) is 12.4. The number of imidazole rings is 1. The van der Waals surface area contributed by atoms with Crippen LogP contribution in [0.5, 0.6) is 0 Å². The van der Waals surface area contributed by atoms with Crippen LogP contribution in [0, 0.1) is 10.1 Å². The molecule has 6 nitrogen and oxygen atoms in total. The second-order valence-corrected chi connectivity index (χ2v) is 4.39. The number of benzene rings is 2. The predicted octanol–water partition coefficient (Wildman–Crippen LogP) is 2.55. The SMILES string of the molecule is O=[N+]([O-])c1cccc(C(O)c2nc3ccccc3[nH]2)c1. The number of aliphatic hydroxyl groups is 1. The number of aromatic nitrogens is 2. The van der Waals surface area contributed by atoms with Gasteiger partial charge in [0.15, 0.2) is 0 Å². The molecule has 0 aliphatic heterocycles. The fourth-order valence-corrected chi connectivity index (χ4v) is 2.07. The summed E-state index contributed by atoms with van der Waals surface area (Å²) in [7, 11) is 0. The first-order valence-corrected chi connectivity index (χ1v) is 6.02. The first-order valence-electron chi connectivity index (χ1n) is 6.02. The van der Waals surface area contributed by atoms with Crippen molar-refractivity contribution in [1.82, 2.24) is 9.97 Å². The van der Waals surface area contributed by atoms with Gasteiger partial charge >= 0.3 is 0 Å². The Morgan fingerprint density at radius 2 is 2.00 bits per heavy atom. The second kappa shape index (κ2) is 4.75. The molecule has 0 fully saturated rings. The second-order valence-electron chi connectivity index (χ2n) is 4.39. The van der Waals surface area contributed by atoms with Gasteiger partial charge in [-0.05, 0) is 17.7 Å². The molecule has 3 aromatic rings. The van der Waals surface area contributed by atoms with Crippen molar-refractivity contribution in [3.8, 4) is 0 Å². The van der Waals surface area contributed by atoms with Gasteiger partial charge in [0.1, 0.15) is 11.9 Å². The molecule has 0 saturated carbocycles. The summed E-state index contributed by atoms with van der Waals surface area (Å²) >= 11 is 0. The highest BCUT2D eigenvalue weighted by atomic mass is 16.6. The third kappa shape index (κ3) is 2.12. The molecule has 100 valence electrons. The van der Waals surface area contributed by atoms with Crippen molar-refractivity contribution in [2.45, 2.75) is 6.10 Å². The van der Waals surface area contributed by atoms with E-state index in [-0.39, 0.29) is 5.69 Å². The number of H-pyrrole nitrogens is 1. The minimum Gasteiger partial charge on any atom is -0.380 e. The average molecular weight is 269 g/mol. The van der Waals surface area contributed by atoms with E-state index in [1.807, 2.05) is 24.3 Å². The Hall–Kier alpha value is -2.73. The highest BCUT2D eigenvalue weighted by Crippen LogP contribution is 2.24. The number of hydrogen-bond acceptors (Lipinski definition) is 4. The number of aliphatic hydroxyl groups excluding tert-OH is 1. The molecule has 1 heterocycles. The van der Waals surface area contributed by atoms with Gasteiger partial charge in [0.2, 0.25) is 0 Å². The largest absolute Gasteiger partial charge is 0.380 e. The minimum absolute atomic E-state index is 0.0577. The lowest BCUT2D eigenvalue weighted by molar-refractivity contribution is -0.385. The van der Waals surface area contributed by atoms with Crippen LogP contribution in [0.15, 0.2) is 48.5 Å². The van der Waals surface area contributed by atoms with Crippen LogP contribution in [0.1, 0.15) is 17.5 Å². The van der Waals surface area contributed by atoms with Gasteiger partial charge in [-0.25, -0.2) is 4.98 Å². The smallest absolute Gasteiger partial charge is 0.269 e. The quantitative estimate of drug-likeness (QED) is 0.564. The lowest BCUT2D eigenvalue weighted by Crippen LogP contribution is -2.02. The molecule has 2 N–H and O–H groups in total. The topological polar surface area (TPSA) is 92.1 Å². The summed E-state index contributed by atoms with van der Waals surface area (Å²) in [4.78, 5) is 17.6. The Morgan fingerprint density at radius 1 is 1.20 bits per heavy atom. The molecular formula is C14H11N3O3. The maximum Gasteiger partial charge on any atom is 0.269 e. The average Bonchev–Trinajstić information content (AvgIpc) is 2.90. The number of nitrogens with one attached hydrogen (secondary N) is 1. The van der Waals surface area contributed by atoms with Gasteiger partial charge in [-0.1, -0.05) is 24.3 Å². The summed E-state index contributed by atoms with van der Waals surface area (Å²) in [6.07, 6.45) is -1.03. The first-order chi connectivity index (χ1) is 9.65. The first kappa shape index (κ1) is 12.3. The van der Waals surface area contributed by atoms with Gasteiger partial charge in [0, 0.05) is 12.1 Å². The molecular weight excluding hydrogens is 258 g/mol. The van der Waals surface area contributed by atoms with Crippen LogP contribution in [0.3, 0.4) is 0 Å². The number of non-ortho nitro benzene ring substituents is 1. The summed E-state index contributed by atoms with van der Waals surface area (Å²) < 4.78 is 0. The lowest BCUT2D eigenvalue weighted by Gasteiger charge is -2.07. The Kier molecular flexibility index (Phi) is 2.92. The van der Waals surface area contributed by atoms with Crippen molar-refractivity contribution < 1.29 is 10.0 Å². The number of hydrogen-bond donors (Lipinski definition) is 2. The maximum absolute atomic E-state index is 10.8. The van der Waals surface area contributed by atoms with Crippen molar-refractivity contribution in [3.05, 3.63) is 70.0 Å². The zero-order valence-corrected chi connectivity index (χ0v) is 10.4. The van der Waals surface area contributed by atoms with Crippen LogP contribution < -0.4 is 0 Å². The lowest BCUT2D eigenvalue weighted by atomic mass is 10.1. The molecule has 20 heavy (non-hydrogen) atoms. The van der Waals surface area contributed by atoms with Crippen molar-refractivity contribution in [3.63, 3.8) is 0 Å². The van der Waals surface area contributed by atoms with Crippen molar-refractivity contribution in [1.29, 1.82) is 0 Å². The van der Waals surface area contributed by atoms with Crippen LogP contribution in [-0.4, -0.2) is 20.0 Å². The summed E-state index contributed by atoms with van der Waals surface area (Å²) in [5.41, 5.74) is 1.93. The predicted molar refractivity (Wildman–Crippen MR) is 73.3 cm³/mol. The molecule has 0 amide bonds. The zero-order chi connectivity index (χ0) is 14.1. The van der Waals surface area contributed by atoms with Crippen molar-refractivity contribution in [2.24, 2.45) is 0 Å². The van der Waals surface area contributed by atoms with Gasteiger partial charge < -0.3 is 10.1 Å². The van der Waals surface area contributed by atoms with Gasteiger partial charge in [0.05, 0.1) is 16.0 Å². The summed E-state index contributed by atoms with van der Waals surface area (Å²) in [5, 5.41) is 21.0. The number of aromatic amines is 1. The van der Waals surface area contributed by atoms with Gasteiger partial charge in [-0.15, -0.1) is 0 Å². The molecule has 0 aliphatic rings. The number of para-hydroxylation sites is 2. The molecule has 0 saturated heterocycles. The maximum atomic E-state index is 10.8. The van der Waals surface area contributed by atoms with Gasteiger partial charge in [-0.2, -0.15) is 0 Å². The van der Waals surface area contributed by atoms with Gasteiger partial charge in [0.25, 0.3) is 5.69 Å². The van der Waals surface area contributed by atoms with E-state index in [4.69, 9.17) is 0 Å². The molecule has 6 heteroatoms. The van der Waals surface area contributed by atoms with E-state index in [1.54, 1.807) is 12.1 Å². The molecule has 0 spiro atoms. The van der Waals surface area contributed by atoms with Crippen molar-refractivity contribution >= 4 is 16.7 Å². The summed E-state index contributed by atoms with van der Waals surface area (Å²) in [5.74, 6) is 0.367. The molecule has 3 rings (SSSR count). The van der Waals surface area contributed by atoms with E-state index in [9.17, 15) is 15.2 Å². The van der Waals surface area contributed by atoms with E-state index in [0.717, 1.165) is 11.0 Å². The van der Waals surface area contributed by atoms with Gasteiger partial charge in [-0.3, -0.25) is 10.1 Å². The van der Waals surface area contributed by atoms with Crippen LogP contribution in [0.4, 0.5) is 5.69 Å². The number of fused-ring (bicyclic) bond motifs is 1. The highest BCUT2D eigenvalue weighted by molar-refractivity contribution is 5.74. The van der Waals surface area contributed by atoms with Crippen LogP contribution in [-0.2, 0) is 0 Å². The van der Waals surface area contributed by atoms with Crippen LogP contribution >= 0.6 is 0 Å². The van der Waals surface area contributed by atoms with E-state index in [2.05, 4.69) is 9.97 Å². The Balaban J connectivity index is 2.01. The number of nitro groups is 1. The minimum atomic E-state index is -1.03.